The first-order valence-corrected chi connectivity index (χ1v) is 8.67. The summed E-state index contributed by atoms with van der Waals surface area (Å²) >= 11 is 0. The van der Waals surface area contributed by atoms with Gasteiger partial charge in [-0.2, -0.15) is 0 Å². The van der Waals surface area contributed by atoms with Crippen molar-refractivity contribution in [3.63, 3.8) is 0 Å². The first-order chi connectivity index (χ1) is 9.47. The number of unbranched alkanes of at least 4 members (excludes halogenated alkanes) is 1. The Balaban J connectivity index is 4.72. The molecule has 0 aromatic heterocycles. The highest BCUT2D eigenvalue weighted by Crippen LogP contribution is 2.07. The molecule has 0 aliphatic rings. The molecule has 0 aromatic rings. The minimum atomic E-state index is -2.67. The molecule has 8 heteroatoms. The van der Waals surface area contributed by atoms with Crippen LogP contribution in [0.3, 0.4) is 0 Å². The van der Waals surface area contributed by atoms with Crippen molar-refractivity contribution in [3.05, 3.63) is 0 Å². The van der Waals surface area contributed by atoms with E-state index in [4.69, 9.17) is 15.0 Å². The highest BCUT2D eigenvalue weighted by atomic mass is 32.2. The molecular weight excluding hydrogens is 296 g/mol. The molecule has 1 amide bonds. The van der Waals surface area contributed by atoms with Crippen LogP contribution in [0.1, 0.15) is 47.0 Å². The van der Waals surface area contributed by atoms with Crippen LogP contribution in [0, 0.1) is 0 Å². The zero-order valence-electron chi connectivity index (χ0n) is 13.0. The van der Waals surface area contributed by atoms with E-state index in [1.54, 1.807) is 20.8 Å². The summed E-state index contributed by atoms with van der Waals surface area (Å²) in [7, 11) is -2.67. The highest BCUT2D eigenvalue weighted by Gasteiger charge is 2.23. The van der Waals surface area contributed by atoms with Crippen molar-refractivity contribution in [1.82, 2.24) is 5.32 Å². The predicted molar refractivity (Wildman–Crippen MR) is 83.6 cm³/mol. The molecular formula is C13H26N2O5S. The Labute approximate surface area is 126 Å². The number of aliphatic carboxylic acids is 1. The first kappa shape index (κ1) is 19.7. The maximum atomic E-state index is 12.0. The van der Waals surface area contributed by atoms with Crippen LogP contribution in [0.5, 0.6) is 0 Å². The van der Waals surface area contributed by atoms with Gasteiger partial charge >= 0.3 is 12.1 Å². The molecule has 7 nitrogen and oxygen atoms in total. The van der Waals surface area contributed by atoms with Crippen molar-refractivity contribution in [2.24, 2.45) is 5.14 Å². The highest BCUT2D eigenvalue weighted by molar-refractivity contribution is 7.99. The third kappa shape index (κ3) is 10.1. The molecule has 0 rings (SSSR count). The van der Waals surface area contributed by atoms with E-state index in [2.05, 4.69) is 5.32 Å². The van der Waals surface area contributed by atoms with E-state index in [0.717, 1.165) is 6.42 Å². The number of ether oxygens (including phenoxy) is 1. The minimum absolute atomic E-state index is 0.117. The largest absolute Gasteiger partial charge is 0.480 e. The van der Waals surface area contributed by atoms with Gasteiger partial charge in [0.2, 0.25) is 0 Å². The molecule has 0 bridgehead atoms. The van der Waals surface area contributed by atoms with Gasteiger partial charge in [-0.05, 0) is 32.6 Å². The smallest absolute Gasteiger partial charge is 0.408 e. The normalized spacial score (nSPS) is 15.7. The van der Waals surface area contributed by atoms with E-state index < -0.39 is 33.4 Å². The Morgan fingerprint density at radius 1 is 1.43 bits per heavy atom. The molecule has 0 saturated carbocycles. The van der Waals surface area contributed by atoms with Crippen molar-refractivity contribution in [1.29, 1.82) is 0 Å². The van der Waals surface area contributed by atoms with Gasteiger partial charge in [0, 0.05) is 21.9 Å². The number of carboxylic acid groups (broad SMARTS) is 1. The van der Waals surface area contributed by atoms with Crippen molar-refractivity contribution in [2.45, 2.75) is 58.6 Å². The Kier molecular flexibility index (Phi) is 7.73. The summed E-state index contributed by atoms with van der Waals surface area (Å²) in [6.07, 6.45) is 0.595. The average Bonchev–Trinajstić information content (AvgIpc) is 2.29. The van der Waals surface area contributed by atoms with E-state index >= 15 is 0 Å². The van der Waals surface area contributed by atoms with Crippen molar-refractivity contribution < 1.29 is 23.6 Å². The molecule has 21 heavy (non-hydrogen) atoms. The summed E-state index contributed by atoms with van der Waals surface area (Å²) in [6, 6.07) is -1.22. The second-order valence-electron chi connectivity index (χ2n) is 5.78. The molecule has 4 N–H and O–H groups in total. The summed E-state index contributed by atoms with van der Waals surface area (Å²) in [4.78, 5) is 22.7. The van der Waals surface area contributed by atoms with Gasteiger partial charge in [-0.3, -0.25) is 9.35 Å². The second kappa shape index (κ2) is 8.23. The molecule has 0 aliphatic heterocycles. The molecule has 0 spiro atoms. The fraction of sp³-hybridized carbons (Fsp3) is 0.769. The number of carbonyl (C=O) groups is 2. The van der Waals surface area contributed by atoms with Gasteiger partial charge in [0.15, 0.2) is 0 Å². The van der Waals surface area contributed by atoms with Gasteiger partial charge in [0.1, 0.15) is 11.6 Å². The lowest BCUT2D eigenvalue weighted by molar-refractivity contribution is -0.139. The van der Waals surface area contributed by atoms with Crippen LogP contribution >= 0.6 is 0 Å². The van der Waals surface area contributed by atoms with Crippen LogP contribution in [-0.4, -0.2) is 44.1 Å². The molecule has 124 valence electrons. The van der Waals surface area contributed by atoms with E-state index in [1.807, 2.05) is 6.92 Å². The number of rotatable bonds is 7. The Morgan fingerprint density at radius 2 is 2.00 bits per heavy atom. The van der Waals surface area contributed by atoms with Crippen molar-refractivity contribution in [2.75, 3.05) is 5.75 Å². The van der Waals surface area contributed by atoms with E-state index in [0.29, 0.717) is 12.2 Å². The zero-order valence-corrected chi connectivity index (χ0v) is 13.9. The monoisotopic (exact) mass is 322 g/mol. The average molecular weight is 322 g/mol. The van der Waals surface area contributed by atoms with Crippen LogP contribution in [-0.2, 0) is 19.2 Å². The summed E-state index contributed by atoms with van der Waals surface area (Å²) in [5.74, 6) is -0.926. The van der Waals surface area contributed by atoms with Crippen LogP contribution in [0.25, 0.3) is 0 Å². The fourth-order valence-electron chi connectivity index (χ4n) is 1.38. The summed E-state index contributed by atoms with van der Waals surface area (Å²) in [6.45, 7) is 6.96. The standard InChI is InChI=1S/C13H26N2O5S/c1-5-6-8-21(14,19)9-7-10(11(16)17)15-12(18)20-13(2,3)4/h9-10H,5-8H2,1-4H3,(H2,14,19)(H,15,18)(H,16,17)/t10-,21?/m0/s1. The van der Waals surface area contributed by atoms with Gasteiger partial charge in [-0.25, -0.2) is 9.59 Å². The van der Waals surface area contributed by atoms with Crippen molar-refractivity contribution >= 4 is 27.1 Å². The van der Waals surface area contributed by atoms with E-state index in [9.17, 15) is 13.8 Å². The molecule has 0 radical (unpaired) electrons. The first-order valence-electron chi connectivity index (χ1n) is 6.82. The van der Waals surface area contributed by atoms with E-state index in [1.165, 1.54) is 5.37 Å². The van der Waals surface area contributed by atoms with E-state index in [-0.39, 0.29) is 6.42 Å². The number of nitrogens with two attached hydrogens (primary N) is 1. The Hall–Kier alpha value is -1.28. The SMILES string of the molecule is CCCCS(N)(=O)=CC[C@H](NC(=O)OC(C)(C)C)C(=O)O. The number of alkyl carbamates (subject to hydrolysis) is 1. The minimum Gasteiger partial charge on any atom is -0.480 e. The lowest BCUT2D eigenvalue weighted by Crippen LogP contribution is -2.44. The predicted octanol–water partition coefficient (Wildman–Crippen LogP) is 1.11. The summed E-state index contributed by atoms with van der Waals surface area (Å²) in [5, 5.41) is 18.2. The third-order valence-corrected chi connectivity index (χ3v) is 4.10. The molecule has 0 saturated heterocycles. The molecule has 1 unspecified atom stereocenters. The summed E-state index contributed by atoms with van der Waals surface area (Å²) < 4.78 is 17.0. The number of hydrogen-bond acceptors (Lipinski definition) is 4. The molecule has 0 aliphatic carbocycles. The van der Waals surface area contributed by atoms with Gasteiger partial charge in [0.25, 0.3) is 0 Å². The number of amides is 1. The molecule has 0 heterocycles. The molecule has 0 fully saturated rings. The number of nitrogens with one attached hydrogen (secondary N) is 1. The topological polar surface area (TPSA) is 119 Å². The van der Waals surface area contributed by atoms with Crippen LogP contribution in [0.2, 0.25) is 0 Å². The van der Waals surface area contributed by atoms with Crippen molar-refractivity contribution in [3.8, 4) is 0 Å². The van der Waals surface area contributed by atoms with Gasteiger partial charge in [0.05, 0.1) is 0 Å². The van der Waals surface area contributed by atoms with Gasteiger partial charge in [-0.1, -0.05) is 13.3 Å². The summed E-state index contributed by atoms with van der Waals surface area (Å²) in [5.41, 5.74) is -0.723. The quantitative estimate of drug-likeness (QED) is 0.607. The lowest BCUT2D eigenvalue weighted by atomic mass is 10.2. The molecule has 2 atom stereocenters. The van der Waals surface area contributed by atoms with Crippen LogP contribution < -0.4 is 10.5 Å². The fourth-order valence-corrected chi connectivity index (χ4v) is 2.81. The van der Waals surface area contributed by atoms with Crippen LogP contribution in [0.4, 0.5) is 4.79 Å². The number of carboxylic acids is 1. The maximum absolute atomic E-state index is 12.0. The van der Waals surface area contributed by atoms with Gasteiger partial charge < -0.3 is 15.2 Å². The molecule has 0 aromatic carbocycles. The maximum Gasteiger partial charge on any atom is 0.408 e. The number of hydrogen-bond donors (Lipinski definition) is 3. The zero-order chi connectivity index (χ0) is 16.7. The van der Waals surface area contributed by atoms with Gasteiger partial charge in [-0.15, -0.1) is 0 Å². The third-order valence-electron chi connectivity index (χ3n) is 2.42. The Morgan fingerprint density at radius 3 is 2.43 bits per heavy atom. The lowest BCUT2D eigenvalue weighted by Gasteiger charge is -2.21. The Bertz CT molecular complexity index is 475. The second-order valence-corrected chi connectivity index (χ2v) is 8.08. The number of carbonyl (C=O) groups excluding carboxylic acids is 1. The van der Waals surface area contributed by atoms with Crippen LogP contribution in [0.15, 0.2) is 0 Å².